The molecule has 0 radical (unpaired) electrons. The Morgan fingerprint density at radius 1 is 0.958 bits per heavy atom. The van der Waals surface area contributed by atoms with E-state index in [1.165, 1.54) is 11.3 Å². The number of fused-ring (bicyclic) bond motifs is 2. The Morgan fingerprint density at radius 2 is 1.75 bits per heavy atom. The maximum Gasteiger partial charge on any atom is 0.235 e. The average molecular weight is 332 g/mol. The van der Waals surface area contributed by atoms with Crippen molar-refractivity contribution in [2.24, 2.45) is 0 Å². The molecule has 6 heteroatoms. The van der Waals surface area contributed by atoms with Gasteiger partial charge in [0.25, 0.3) is 0 Å². The lowest BCUT2D eigenvalue weighted by atomic mass is 10.1. The first-order valence-corrected chi connectivity index (χ1v) is 8.39. The van der Waals surface area contributed by atoms with E-state index in [1.807, 2.05) is 61.5 Å². The van der Waals surface area contributed by atoms with Crippen LogP contribution in [0.5, 0.6) is 0 Å². The first kappa shape index (κ1) is 13.4. The molecule has 2 aromatic carbocycles. The normalized spacial score (nSPS) is 11.5. The minimum atomic E-state index is 0.636. The van der Waals surface area contributed by atoms with Crippen LogP contribution in [0.2, 0.25) is 0 Å². The summed E-state index contributed by atoms with van der Waals surface area (Å²) < 4.78 is 7.77. The van der Waals surface area contributed by atoms with E-state index < -0.39 is 0 Å². The highest BCUT2D eigenvalue weighted by atomic mass is 32.1. The fraction of sp³-hybridized carbons (Fsp3) is 0.0556. The largest absolute Gasteiger partial charge is 0.452 e. The second-order valence-corrected chi connectivity index (χ2v) is 6.50. The van der Waals surface area contributed by atoms with Crippen molar-refractivity contribution in [1.29, 1.82) is 0 Å². The monoisotopic (exact) mass is 332 g/mol. The molecule has 0 N–H and O–H groups in total. The SMILES string of the molecule is Cc1c(-c2nnc3sc(-c4ccccc4)nn23)oc2ccccc12. The molecular weight excluding hydrogens is 320 g/mol. The van der Waals surface area contributed by atoms with Gasteiger partial charge >= 0.3 is 0 Å². The Labute approximate surface area is 141 Å². The Balaban J connectivity index is 1.72. The lowest BCUT2D eigenvalue weighted by molar-refractivity contribution is 0.619. The van der Waals surface area contributed by atoms with Gasteiger partial charge in [-0.1, -0.05) is 59.9 Å². The molecule has 3 aromatic heterocycles. The topological polar surface area (TPSA) is 56.2 Å². The van der Waals surface area contributed by atoms with Crippen LogP contribution in [0.15, 0.2) is 59.0 Å². The van der Waals surface area contributed by atoms with E-state index in [0.717, 1.165) is 32.1 Å². The van der Waals surface area contributed by atoms with Gasteiger partial charge in [0, 0.05) is 16.5 Å². The Morgan fingerprint density at radius 3 is 2.58 bits per heavy atom. The smallest absolute Gasteiger partial charge is 0.235 e. The summed E-state index contributed by atoms with van der Waals surface area (Å²) in [5, 5.41) is 15.2. The molecule has 0 atom stereocenters. The Bertz CT molecular complexity index is 1170. The van der Waals surface area contributed by atoms with Gasteiger partial charge in [-0.25, -0.2) is 0 Å². The quantitative estimate of drug-likeness (QED) is 0.475. The van der Waals surface area contributed by atoms with Gasteiger partial charge < -0.3 is 4.42 Å². The zero-order valence-corrected chi connectivity index (χ0v) is 13.6. The first-order valence-electron chi connectivity index (χ1n) is 7.57. The molecule has 0 aliphatic heterocycles. The third kappa shape index (κ3) is 1.90. The highest BCUT2D eigenvalue weighted by Crippen LogP contribution is 2.33. The van der Waals surface area contributed by atoms with Gasteiger partial charge in [-0.2, -0.15) is 9.61 Å². The van der Waals surface area contributed by atoms with Crippen molar-refractivity contribution in [1.82, 2.24) is 19.8 Å². The molecule has 5 nitrogen and oxygen atoms in total. The highest BCUT2D eigenvalue weighted by Gasteiger charge is 2.20. The summed E-state index contributed by atoms with van der Waals surface area (Å²) in [6, 6.07) is 18.1. The van der Waals surface area contributed by atoms with Crippen molar-refractivity contribution < 1.29 is 4.42 Å². The van der Waals surface area contributed by atoms with E-state index in [4.69, 9.17) is 4.42 Å². The molecule has 24 heavy (non-hydrogen) atoms. The van der Waals surface area contributed by atoms with Crippen molar-refractivity contribution >= 4 is 27.3 Å². The standard InChI is InChI=1S/C18H12N4OS/c1-11-13-9-5-6-10-14(13)23-15(11)16-19-20-18-22(16)21-17(24-18)12-7-3-2-4-8-12/h2-10H,1H3. The third-order valence-electron chi connectivity index (χ3n) is 4.06. The van der Waals surface area contributed by atoms with Gasteiger partial charge in [0.15, 0.2) is 5.76 Å². The molecule has 0 unspecified atom stereocenters. The van der Waals surface area contributed by atoms with Crippen molar-refractivity contribution in [2.75, 3.05) is 0 Å². The van der Waals surface area contributed by atoms with Crippen molar-refractivity contribution in [3.63, 3.8) is 0 Å². The summed E-state index contributed by atoms with van der Waals surface area (Å²) in [4.78, 5) is 0.753. The molecule has 3 heterocycles. The van der Waals surface area contributed by atoms with Crippen LogP contribution in [-0.4, -0.2) is 19.8 Å². The Hall–Kier alpha value is -2.99. The molecule has 0 aliphatic carbocycles. The summed E-state index contributed by atoms with van der Waals surface area (Å²) in [5.74, 6) is 1.35. The molecule has 0 spiro atoms. The molecule has 0 saturated carbocycles. The van der Waals surface area contributed by atoms with Gasteiger partial charge in [0.2, 0.25) is 10.8 Å². The number of nitrogens with zero attached hydrogens (tertiary/aromatic N) is 4. The summed E-state index contributed by atoms with van der Waals surface area (Å²) in [6.45, 7) is 2.03. The number of aromatic nitrogens is 4. The minimum Gasteiger partial charge on any atom is -0.452 e. The molecule has 0 bridgehead atoms. The zero-order chi connectivity index (χ0) is 16.1. The van der Waals surface area contributed by atoms with Crippen LogP contribution in [-0.2, 0) is 0 Å². The van der Waals surface area contributed by atoms with Crippen LogP contribution in [0.4, 0.5) is 0 Å². The van der Waals surface area contributed by atoms with Crippen LogP contribution in [0.25, 0.3) is 38.1 Å². The summed E-state index contributed by atoms with van der Waals surface area (Å²) in [6.07, 6.45) is 0. The number of benzene rings is 2. The summed E-state index contributed by atoms with van der Waals surface area (Å²) in [5.41, 5.74) is 2.97. The number of hydrogen-bond donors (Lipinski definition) is 0. The predicted molar refractivity (Wildman–Crippen MR) is 94.0 cm³/mol. The lowest BCUT2D eigenvalue weighted by Gasteiger charge is -1.95. The first-order chi connectivity index (χ1) is 11.8. The van der Waals surface area contributed by atoms with Gasteiger partial charge in [0.05, 0.1) is 0 Å². The second kappa shape index (κ2) is 5.01. The van der Waals surface area contributed by atoms with Crippen molar-refractivity contribution in [3.05, 3.63) is 60.2 Å². The fourth-order valence-corrected chi connectivity index (χ4v) is 3.69. The van der Waals surface area contributed by atoms with E-state index in [0.29, 0.717) is 11.6 Å². The summed E-state index contributed by atoms with van der Waals surface area (Å²) >= 11 is 1.52. The van der Waals surface area contributed by atoms with Crippen LogP contribution in [0.1, 0.15) is 5.56 Å². The number of furan rings is 1. The molecule has 0 aliphatic rings. The van der Waals surface area contributed by atoms with Gasteiger partial charge in [-0.05, 0) is 13.0 Å². The lowest BCUT2D eigenvalue weighted by Crippen LogP contribution is -1.91. The maximum atomic E-state index is 6.01. The van der Waals surface area contributed by atoms with Crippen LogP contribution in [0.3, 0.4) is 0 Å². The fourth-order valence-electron chi connectivity index (χ4n) is 2.84. The second-order valence-electron chi connectivity index (χ2n) is 5.54. The Kier molecular flexibility index (Phi) is 2.80. The van der Waals surface area contributed by atoms with E-state index >= 15 is 0 Å². The average Bonchev–Trinajstić information content (AvgIpc) is 3.29. The molecule has 5 rings (SSSR count). The van der Waals surface area contributed by atoms with Crippen LogP contribution in [0, 0.1) is 6.92 Å². The molecule has 0 amide bonds. The van der Waals surface area contributed by atoms with Crippen molar-refractivity contribution in [2.45, 2.75) is 6.92 Å². The van der Waals surface area contributed by atoms with E-state index in [-0.39, 0.29) is 0 Å². The van der Waals surface area contributed by atoms with E-state index in [1.54, 1.807) is 4.52 Å². The predicted octanol–water partition coefficient (Wildman–Crippen LogP) is 4.57. The summed E-state index contributed by atoms with van der Waals surface area (Å²) in [7, 11) is 0. The van der Waals surface area contributed by atoms with Gasteiger partial charge in [-0.3, -0.25) is 0 Å². The van der Waals surface area contributed by atoms with Crippen LogP contribution < -0.4 is 0 Å². The number of rotatable bonds is 2. The van der Waals surface area contributed by atoms with Gasteiger partial charge in [-0.15, -0.1) is 10.2 Å². The zero-order valence-electron chi connectivity index (χ0n) is 12.8. The molecule has 116 valence electrons. The molecule has 0 fully saturated rings. The van der Waals surface area contributed by atoms with E-state index in [2.05, 4.69) is 15.3 Å². The maximum absolute atomic E-state index is 6.01. The number of hydrogen-bond acceptors (Lipinski definition) is 5. The number of para-hydroxylation sites is 1. The molecule has 0 saturated heterocycles. The van der Waals surface area contributed by atoms with E-state index in [9.17, 15) is 0 Å². The minimum absolute atomic E-state index is 0.636. The highest BCUT2D eigenvalue weighted by molar-refractivity contribution is 7.19. The van der Waals surface area contributed by atoms with Crippen molar-refractivity contribution in [3.8, 4) is 22.2 Å². The van der Waals surface area contributed by atoms with Gasteiger partial charge in [0.1, 0.15) is 10.6 Å². The molecular formula is C18H12N4OS. The molecule has 5 aromatic rings. The van der Waals surface area contributed by atoms with Crippen LogP contribution >= 0.6 is 11.3 Å². The number of aryl methyl sites for hydroxylation is 1. The third-order valence-corrected chi connectivity index (χ3v) is 5.01.